The van der Waals surface area contributed by atoms with Gasteiger partial charge >= 0.3 is 0 Å². The highest BCUT2D eigenvalue weighted by atomic mass is 16.3. The van der Waals surface area contributed by atoms with Crippen molar-refractivity contribution in [2.24, 2.45) is 35.0 Å². The van der Waals surface area contributed by atoms with Gasteiger partial charge in [-0.1, -0.05) is 71.1 Å². The molecule has 7 atom stereocenters. The molecule has 0 amide bonds. The van der Waals surface area contributed by atoms with Crippen LogP contribution in [-0.2, 0) is 0 Å². The number of aliphatic hydroxyl groups excluding tert-OH is 2. The first kappa shape index (κ1) is 23.5. The van der Waals surface area contributed by atoms with Crippen molar-refractivity contribution in [1.29, 1.82) is 0 Å². The van der Waals surface area contributed by atoms with Crippen LogP contribution in [0.4, 0.5) is 0 Å². The molecule has 0 bridgehead atoms. The van der Waals surface area contributed by atoms with Gasteiger partial charge in [-0.25, -0.2) is 0 Å². The van der Waals surface area contributed by atoms with Gasteiger partial charge in [0.2, 0.25) is 0 Å². The summed E-state index contributed by atoms with van der Waals surface area (Å²) < 4.78 is 0. The second-order valence-corrected chi connectivity index (χ2v) is 11.0. The molecule has 168 valence electrons. The van der Waals surface area contributed by atoms with Crippen LogP contribution in [-0.4, -0.2) is 22.4 Å². The van der Waals surface area contributed by atoms with Gasteiger partial charge in [-0.3, -0.25) is 0 Å². The maximum absolute atomic E-state index is 10.1. The maximum Gasteiger partial charge on any atom is 0.0811 e. The summed E-state index contributed by atoms with van der Waals surface area (Å²) in [5.41, 5.74) is 3.77. The predicted octanol–water partition coefficient (Wildman–Crippen LogP) is 6.61. The molecule has 2 heteroatoms. The summed E-state index contributed by atoms with van der Waals surface area (Å²) in [6.45, 7) is 16.0. The Balaban J connectivity index is 1.76. The molecule has 3 aliphatic carbocycles. The Kier molecular flexibility index (Phi) is 7.51. The first-order chi connectivity index (χ1) is 14.1. The summed E-state index contributed by atoms with van der Waals surface area (Å²) in [4.78, 5) is 0. The molecular weight excluding hydrogens is 368 g/mol. The SMILES string of the molecule is C=C1/C(=C\C=C2\CCC[C@@]3(C)[C@H]2CC[C@H]3[C@H](C)/C=C/[C@H](C)C(C)C)C[C@@H](O)C[C@@H]1O. The minimum absolute atomic E-state index is 0.385. The lowest BCUT2D eigenvalue weighted by molar-refractivity contribution is 0.0862. The molecule has 0 saturated heterocycles. The van der Waals surface area contributed by atoms with Gasteiger partial charge in [-0.05, 0) is 84.7 Å². The van der Waals surface area contributed by atoms with Gasteiger partial charge in [-0.15, -0.1) is 0 Å². The molecule has 3 saturated carbocycles. The highest BCUT2D eigenvalue weighted by molar-refractivity contribution is 5.38. The fraction of sp³-hybridized carbons (Fsp3) is 0.714. The van der Waals surface area contributed by atoms with E-state index in [9.17, 15) is 10.2 Å². The largest absolute Gasteiger partial charge is 0.393 e. The molecule has 3 fully saturated rings. The van der Waals surface area contributed by atoms with Gasteiger partial charge in [0.05, 0.1) is 12.2 Å². The van der Waals surface area contributed by atoms with Gasteiger partial charge in [0.1, 0.15) is 0 Å². The molecular formula is C28H44O2. The Bertz CT molecular complexity index is 712. The number of aliphatic hydroxyl groups is 2. The fourth-order valence-electron chi connectivity index (χ4n) is 6.32. The van der Waals surface area contributed by atoms with Crippen molar-refractivity contribution in [3.63, 3.8) is 0 Å². The number of hydrogen-bond donors (Lipinski definition) is 2. The third-order valence-electron chi connectivity index (χ3n) is 8.71. The molecule has 2 nitrogen and oxygen atoms in total. The summed E-state index contributed by atoms with van der Waals surface area (Å²) in [6.07, 6.45) is 15.8. The van der Waals surface area contributed by atoms with E-state index in [1.54, 1.807) is 5.57 Å². The van der Waals surface area contributed by atoms with E-state index in [2.05, 4.69) is 65.5 Å². The predicted molar refractivity (Wildman–Crippen MR) is 127 cm³/mol. The standard InChI is InChI=1S/C28H44O2/c1-18(2)19(3)9-10-20(4)25-13-14-26-22(8-7-15-28(25,26)6)11-12-23-16-24(29)17-27(30)21(23)5/h9-12,18-20,24-27,29-30H,5,7-8,13-17H2,1-4,6H3/b10-9+,22-11-,23-12-/t19-,20+,24+,25-,26-,27-,28+/m0/s1. The zero-order chi connectivity index (χ0) is 22.1. The molecule has 30 heavy (non-hydrogen) atoms. The molecule has 0 aromatic rings. The quantitative estimate of drug-likeness (QED) is 0.499. The van der Waals surface area contributed by atoms with Gasteiger partial charge in [0.15, 0.2) is 0 Å². The normalized spacial score (nSPS) is 39.8. The van der Waals surface area contributed by atoms with E-state index in [4.69, 9.17) is 0 Å². The topological polar surface area (TPSA) is 40.5 Å². The highest BCUT2D eigenvalue weighted by Crippen LogP contribution is 2.59. The molecule has 0 spiro atoms. The number of allylic oxidation sites excluding steroid dienone is 5. The van der Waals surface area contributed by atoms with E-state index < -0.39 is 12.2 Å². The van der Waals surface area contributed by atoms with E-state index in [1.807, 2.05) is 0 Å². The first-order valence-corrected chi connectivity index (χ1v) is 12.3. The Hall–Kier alpha value is -1.12. The molecule has 0 aromatic heterocycles. The third kappa shape index (κ3) is 4.86. The number of fused-ring (bicyclic) bond motifs is 1. The number of hydrogen-bond acceptors (Lipinski definition) is 2. The van der Waals surface area contributed by atoms with Gasteiger partial charge < -0.3 is 10.2 Å². The van der Waals surface area contributed by atoms with Crippen LogP contribution in [0.3, 0.4) is 0 Å². The van der Waals surface area contributed by atoms with Crippen molar-refractivity contribution >= 4 is 0 Å². The van der Waals surface area contributed by atoms with Crippen LogP contribution in [0.15, 0.2) is 47.6 Å². The van der Waals surface area contributed by atoms with E-state index in [0.717, 1.165) is 17.1 Å². The smallest absolute Gasteiger partial charge is 0.0811 e. The minimum atomic E-state index is -0.605. The fourth-order valence-corrected chi connectivity index (χ4v) is 6.32. The summed E-state index contributed by atoms with van der Waals surface area (Å²) in [5.74, 6) is 3.38. The average Bonchev–Trinajstić information content (AvgIpc) is 3.04. The summed E-state index contributed by atoms with van der Waals surface area (Å²) in [7, 11) is 0. The zero-order valence-corrected chi connectivity index (χ0v) is 19.9. The van der Waals surface area contributed by atoms with E-state index in [0.29, 0.717) is 41.9 Å². The van der Waals surface area contributed by atoms with Crippen LogP contribution < -0.4 is 0 Å². The molecule has 0 heterocycles. The Morgan fingerprint density at radius 2 is 1.80 bits per heavy atom. The second-order valence-electron chi connectivity index (χ2n) is 11.0. The van der Waals surface area contributed by atoms with Crippen molar-refractivity contribution in [2.45, 2.75) is 91.8 Å². The minimum Gasteiger partial charge on any atom is -0.393 e. The Morgan fingerprint density at radius 3 is 2.50 bits per heavy atom. The first-order valence-electron chi connectivity index (χ1n) is 12.3. The van der Waals surface area contributed by atoms with Gasteiger partial charge in [0, 0.05) is 6.42 Å². The van der Waals surface area contributed by atoms with E-state index in [-0.39, 0.29) is 0 Å². The zero-order valence-electron chi connectivity index (χ0n) is 19.9. The van der Waals surface area contributed by atoms with Crippen molar-refractivity contribution in [3.8, 4) is 0 Å². The maximum atomic E-state index is 10.1. The van der Waals surface area contributed by atoms with Crippen LogP contribution >= 0.6 is 0 Å². The summed E-state index contributed by atoms with van der Waals surface area (Å²) in [5, 5.41) is 20.2. The van der Waals surface area contributed by atoms with Crippen LogP contribution in [0.2, 0.25) is 0 Å². The van der Waals surface area contributed by atoms with Crippen LogP contribution in [0.1, 0.15) is 79.6 Å². The van der Waals surface area contributed by atoms with Gasteiger partial charge in [-0.2, -0.15) is 0 Å². The van der Waals surface area contributed by atoms with Crippen molar-refractivity contribution < 1.29 is 10.2 Å². The van der Waals surface area contributed by atoms with E-state index in [1.165, 1.54) is 32.1 Å². The van der Waals surface area contributed by atoms with Crippen LogP contribution in [0, 0.1) is 35.0 Å². The summed E-state index contributed by atoms with van der Waals surface area (Å²) >= 11 is 0. The molecule has 0 radical (unpaired) electrons. The lowest BCUT2D eigenvalue weighted by atomic mass is 9.61. The monoisotopic (exact) mass is 412 g/mol. The Labute approximate surface area is 184 Å². The molecule has 0 aliphatic heterocycles. The van der Waals surface area contributed by atoms with E-state index >= 15 is 0 Å². The number of rotatable bonds is 5. The molecule has 3 aliphatic rings. The molecule has 3 rings (SSSR count). The van der Waals surface area contributed by atoms with Gasteiger partial charge in [0.25, 0.3) is 0 Å². The average molecular weight is 413 g/mol. The second kappa shape index (κ2) is 9.57. The highest BCUT2D eigenvalue weighted by Gasteiger charge is 2.50. The molecule has 0 aromatic carbocycles. The Morgan fingerprint density at radius 1 is 1.07 bits per heavy atom. The molecule has 2 N–H and O–H groups in total. The lowest BCUT2D eigenvalue weighted by Gasteiger charge is -2.44. The van der Waals surface area contributed by atoms with Crippen LogP contribution in [0.25, 0.3) is 0 Å². The van der Waals surface area contributed by atoms with Crippen molar-refractivity contribution in [1.82, 2.24) is 0 Å². The molecule has 0 unspecified atom stereocenters. The van der Waals surface area contributed by atoms with Crippen LogP contribution in [0.5, 0.6) is 0 Å². The summed E-state index contributed by atoms with van der Waals surface area (Å²) in [6, 6.07) is 0. The van der Waals surface area contributed by atoms with Crippen molar-refractivity contribution in [3.05, 3.63) is 47.6 Å². The lowest BCUT2D eigenvalue weighted by Crippen LogP contribution is -2.35. The van der Waals surface area contributed by atoms with Crippen molar-refractivity contribution in [2.75, 3.05) is 0 Å². The third-order valence-corrected chi connectivity index (χ3v) is 8.71.